The molecule has 0 fully saturated rings. The van der Waals surface area contributed by atoms with Gasteiger partial charge in [0.05, 0.1) is 0 Å². The van der Waals surface area contributed by atoms with Crippen LogP contribution in [0.1, 0.15) is 39.2 Å². The van der Waals surface area contributed by atoms with Gasteiger partial charge < -0.3 is 0 Å². The van der Waals surface area contributed by atoms with Gasteiger partial charge in [0.15, 0.2) is 0 Å². The Labute approximate surface area is 135 Å². The van der Waals surface area contributed by atoms with Gasteiger partial charge in [0.25, 0.3) is 0 Å². The molecular weight excluding hydrogens is 387 g/mol. The van der Waals surface area contributed by atoms with Crippen LogP contribution < -0.4 is 0 Å². The Morgan fingerprint density at radius 3 is 1.90 bits per heavy atom. The summed E-state index contributed by atoms with van der Waals surface area (Å²) in [6.45, 7) is 6.40. The number of hydrogen-bond acceptors (Lipinski definition) is 2. The van der Waals surface area contributed by atoms with Gasteiger partial charge in [-0.25, -0.2) is 0 Å². The van der Waals surface area contributed by atoms with Crippen molar-refractivity contribution in [1.82, 2.24) is 0 Å². The normalized spacial score (nSPS) is 13.4. The zero-order valence-corrected chi connectivity index (χ0v) is 18.0. The van der Waals surface area contributed by atoms with E-state index < -0.39 is 28.2 Å². The van der Waals surface area contributed by atoms with Crippen molar-refractivity contribution in [2.75, 3.05) is 5.75 Å². The van der Waals surface area contributed by atoms with Crippen molar-refractivity contribution >= 4 is 28.2 Å². The van der Waals surface area contributed by atoms with Crippen molar-refractivity contribution < 1.29 is 8.42 Å². The molecule has 2 nitrogen and oxygen atoms in total. The van der Waals surface area contributed by atoms with E-state index in [1.807, 2.05) is 12.1 Å². The van der Waals surface area contributed by atoms with E-state index in [0.717, 1.165) is 12.8 Å². The summed E-state index contributed by atoms with van der Waals surface area (Å²) in [7, 11) is -3.12. The van der Waals surface area contributed by atoms with E-state index >= 15 is 0 Å². The average Bonchev–Trinajstić information content (AvgIpc) is 2.33. The van der Waals surface area contributed by atoms with Crippen LogP contribution in [0.25, 0.3) is 0 Å². The molecule has 0 spiro atoms. The van der Waals surface area contributed by atoms with Gasteiger partial charge >= 0.3 is 135 Å². The fourth-order valence-corrected chi connectivity index (χ4v) is 7.34. The summed E-state index contributed by atoms with van der Waals surface area (Å²) in [5.41, 5.74) is 1.23. The molecule has 0 saturated heterocycles. The van der Waals surface area contributed by atoms with E-state index in [0.29, 0.717) is 4.90 Å². The van der Waals surface area contributed by atoms with Gasteiger partial charge in [-0.05, 0) is 0 Å². The molecule has 0 aliphatic heterocycles. The monoisotopic (exact) mass is 418 g/mol. The Morgan fingerprint density at radius 2 is 1.48 bits per heavy atom. The van der Waals surface area contributed by atoms with E-state index in [1.54, 1.807) is 12.1 Å². The number of unbranched alkanes of at least 4 members (excludes halogenated alkanes) is 1. The Hall–Kier alpha value is -0.0313. The molecule has 1 rings (SSSR count). The van der Waals surface area contributed by atoms with Crippen molar-refractivity contribution in [2.45, 2.75) is 63.2 Å². The summed E-state index contributed by atoms with van der Waals surface area (Å²) in [6, 6.07) is 7.41. The molecule has 0 saturated carbocycles. The van der Waals surface area contributed by atoms with Gasteiger partial charge in [-0.15, -0.1) is 0 Å². The molecule has 0 aromatic heterocycles. The summed E-state index contributed by atoms with van der Waals surface area (Å²) >= 11 is -1.74. The standard InChI is InChI=1S/C14H21O2S.3CH3.Sn/c1-5-6-11-17(15,16)13-9-7-12(8-10-13)14(2,3)4;;;;/h7-10H,1,5-6,11H2,2-4H3;3*1H3;. The van der Waals surface area contributed by atoms with Gasteiger partial charge in [-0.3, -0.25) is 0 Å². The van der Waals surface area contributed by atoms with E-state index in [9.17, 15) is 8.42 Å². The number of benzene rings is 1. The van der Waals surface area contributed by atoms with Crippen LogP contribution in [0.3, 0.4) is 0 Å². The molecule has 4 heteroatoms. The molecule has 0 bridgehead atoms. The van der Waals surface area contributed by atoms with Crippen molar-refractivity contribution in [1.29, 1.82) is 0 Å². The minimum atomic E-state index is -3.12. The Balaban J connectivity index is 2.67. The Kier molecular flexibility index (Phi) is 6.37. The van der Waals surface area contributed by atoms with Crippen molar-refractivity contribution in [2.24, 2.45) is 0 Å². The van der Waals surface area contributed by atoms with Crippen LogP contribution in [0.2, 0.25) is 19.3 Å². The molecule has 0 N–H and O–H groups in total. The van der Waals surface area contributed by atoms with Gasteiger partial charge in [0.2, 0.25) is 0 Å². The van der Waals surface area contributed by atoms with Crippen LogP contribution in [-0.2, 0) is 15.3 Å². The maximum absolute atomic E-state index is 12.3. The zero-order valence-electron chi connectivity index (χ0n) is 14.4. The van der Waals surface area contributed by atoms with Crippen LogP contribution in [-0.4, -0.2) is 32.5 Å². The molecule has 1 aromatic rings. The van der Waals surface area contributed by atoms with E-state index in [1.165, 1.54) is 10.0 Å². The third-order valence-electron chi connectivity index (χ3n) is 3.67. The first-order valence-corrected chi connectivity index (χ1v) is 20.0. The fourth-order valence-electron chi connectivity index (χ4n) is 2.23. The first-order chi connectivity index (χ1) is 9.42. The average molecular weight is 417 g/mol. The Morgan fingerprint density at radius 1 is 0.952 bits per heavy atom. The zero-order chi connectivity index (χ0) is 16.3. The van der Waals surface area contributed by atoms with Gasteiger partial charge in [0, 0.05) is 0 Å². The number of hydrogen-bond donors (Lipinski definition) is 0. The topological polar surface area (TPSA) is 34.1 Å². The third kappa shape index (κ3) is 6.72. The summed E-state index contributed by atoms with van der Waals surface area (Å²) in [4.78, 5) is 7.66. The van der Waals surface area contributed by atoms with Crippen LogP contribution in [0, 0.1) is 0 Å². The van der Waals surface area contributed by atoms with Crippen molar-refractivity contribution in [3.63, 3.8) is 0 Å². The molecule has 0 amide bonds. The first kappa shape index (κ1) is 19.0. The summed E-state index contributed by atoms with van der Waals surface area (Å²) in [5.74, 6) is 0.282. The van der Waals surface area contributed by atoms with Crippen LogP contribution in [0.15, 0.2) is 29.2 Å². The number of sulfone groups is 1. The summed E-state index contributed by atoms with van der Waals surface area (Å²) in [6.07, 6.45) is 1.84. The molecule has 0 unspecified atom stereocenters. The molecular formula is C17H30O2SSn. The van der Waals surface area contributed by atoms with Crippen molar-refractivity contribution in [3.05, 3.63) is 29.8 Å². The summed E-state index contributed by atoms with van der Waals surface area (Å²) in [5, 5.41) is 0. The van der Waals surface area contributed by atoms with E-state index in [2.05, 4.69) is 35.6 Å². The number of rotatable bonds is 6. The van der Waals surface area contributed by atoms with Crippen LogP contribution in [0.4, 0.5) is 0 Å². The van der Waals surface area contributed by atoms with Crippen LogP contribution in [0.5, 0.6) is 0 Å². The first-order valence-electron chi connectivity index (χ1n) is 7.75. The predicted molar refractivity (Wildman–Crippen MR) is 94.6 cm³/mol. The fraction of sp³-hybridized carbons (Fsp3) is 0.647. The molecule has 0 aliphatic carbocycles. The molecule has 0 heterocycles. The SMILES string of the molecule is CC(C)(C)c1ccc(S(=O)(=O)CCC[CH2][Sn]([CH3])([CH3])[CH3])cc1. The predicted octanol–water partition coefficient (Wildman–Crippen LogP) is 4.88. The second-order valence-electron chi connectivity index (χ2n) is 8.11. The molecule has 0 aliphatic rings. The van der Waals surface area contributed by atoms with Crippen LogP contribution >= 0.6 is 0 Å². The van der Waals surface area contributed by atoms with E-state index in [-0.39, 0.29) is 11.2 Å². The Bertz CT molecular complexity index is 546. The van der Waals surface area contributed by atoms with Gasteiger partial charge in [-0.1, -0.05) is 0 Å². The third-order valence-corrected chi connectivity index (χ3v) is 10.8. The molecule has 0 atom stereocenters. The second-order valence-corrected chi connectivity index (χ2v) is 26.3. The van der Waals surface area contributed by atoms with Gasteiger partial charge in [-0.2, -0.15) is 0 Å². The molecule has 120 valence electrons. The second kappa shape index (κ2) is 7.03. The minimum absolute atomic E-state index is 0.0575. The molecule has 21 heavy (non-hydrogen) atoms. The summed E-state index contributed by atoms with van der Waals surface area (Å²) < 4.78 is 25.9. The quantitative estimate of drug-likeness (QED) is 0.489. The van der Waals surface area contributed by atoms with E-state index in [4.69, 9.17) is 0 Å². The van der Waals surface area contributed by atoms with Gasteiger partial charge in [0.1, 0.15) is 0 Å². The maximum atomic E-state index is 12.3. The molecule has 1 aromatic carbocycles. The molecule has 0 radical (unpaired) electrons. The van der Waals surface area contributed by atoms with Crippen molar-refractivity contribution in [3.8, 4) is 0 Å².